The first-order valence-electron chi connectivity index (χ1n) is 5.23. The summed E-state index contributed by atoms with van der Waals surface area (Å²) in [7, 11) is 0. The quantitative estimate of drug-likeness (QED) is 0.573. The zero-order chi connectivity index (χ0) is 10.9. The van der Waals surface area contributed by atoms with Gasteiger partial charge in [0.15, 0.2) is 0 Å². The summed E-state index contributed by atoms with van der Waals surface area (Å²) in [6.45, 7) is 1.08. The Kier molecular flexibility index (Phi) is 6.77. The first kappa shape index (κ1) is 12.8. The maximum atomic E-state index is 3.46. The van der Waals surface area contributed by atoms with E-state index >= 15 is 0 Å². The normalized spacial score (nSPS) is 10.3. The molecule has 3 heteroatoms. The lowest BCUT2D eigenvalue weighted by atomic mass is 10.3. The van der Waals surface area contributed by atoms with Crippen LogP contribution in [0.3, 0.4) is 0 Å². The van der Waals surface area contributed by atoms with Gasteiger partial charge in [-0.25, -0.2) is 0 Å². The molecule has 0 aliphatic rings. The lowest BCUT2D eigenvalue weighted by Crippen LogP contribution is -2.01. The Labute approximate surface area is 101 Å². The van der Waals surface area contributed by atoms with Gasteiger partial charge in [-0.1, -0.05) is 6.07 Å². The van der Waals surface area contributed by atoms with Gasteiger partial charge in [0.2, 0.25) is 0 Å². The topological polar surface area (TPSA) is 12.0 Å². The van der Waals surface area contributed by atoms with Gasteiger partial charge in [-0.3, -0.25) is 0 Å². The number of thioether (sulfide) groups is 2. The number of hydrogen-bond donors (Lipinski definition) is 1. The van der Waals surface area contributed by atoms with Crippen molar-refractivity contribution in [2.24, 2.45) is 0 Å². The molecule has 84 valence electrons. The van der Waals surface area contributed by atoms with Crippen LogP contribution in [0.15, 0.2) is 29.2 Å². The summed E-state index contributed by atoms with van der Waals surface area (Å²) in [4.78, 5) is 1.32. The molecular weight excluding hydrogens is 222 g/mol. The summed E-state index contributed by atoms with van der Waals surface area (Å²) in [6, 6.07) is 8.59. The highest BCUT2D eigenvalue weighted by atomic mass is 32.2. The molecule has 0 atom stereocenters. The summed E-state index contributed by atoms with van der Waals surface area (Å²) in [6.07, 6.45) is 6.83. The molecule has 1 aromatic rings. The molecule has 0 radical (unpaired) electrons. The van der Waals surface area contributed by atoms with Gasteiger partial charge in [0, 0.05) is 17.1 Å². The Morgan fingerprint density at radius 1 is 1.20 bits per heavy atom. The molecular formula is C12H19NS2. The molecule has 1 aromatic carbocycles. The highest BCUT2D eigenvalue weighted by Gasteiger charge is 1.94. The van der Waals surface area contributed by atoms with Gasteiger partial charge in [0.1, 0.15) is 0 Å². The van der Waals surface area contributed by atoms with Crippen molar-refractivity contribution < 1.29 is 0 Å². The number of unbranched alkanes of at least 4 members (excludes halogenated alkanes) is 1. The minimum atomic E-state index is 1.08. The molecule has 1 rings (SSSR count). The second-order valence-corrected chi connectivity index (χ2v) is 5.22. The fraction of sp³-hybridized carbons (Fsp3) is 0.500. The third-order valence-corrected chi connectivity index (χ3v) is 3.60. The minimum Gasteiger partial charge on any atom is -0.385 e. The maximum absolute atomic E-state index is 3.46. The molecule has 0 bridgehead atoms. The fourth-order valence-corrected chi connectivity index (χ4v) is 2.29. The Morgan fingerprint density at radius 3 is 2.80 bits per heavy atom. The van der Waals surface area contributed by atoms with E-state index in [-0.39, 0.29) is 0 Å². The highest BCUT2D eigenvalue weighted by Crippen LogP contribution is 2.18. The minimum absolute atomic E-state index is 1.08. The Bertz CT molecular complexity index is 276. The van der Waals surface area contributed by atoms with Crippen LogP contribution < -0.4 is 5.32 Å². The van der Waals surface area contributed by atoms with Crippen molar-refractivity contribution in [3.8, 4) is 0 Å². The van der Waals surface area contributed by atoms with Crippen molar-refractivity contribution in [2.75, 3.05) is 30.1 Å². The number of benzene rings is 1. The lowest BCUT2D eigenvalue weighted by molar-refractivity contribution is 0.843. The van der Waals surface area contributed by atoms with E-state index in [0.29, 0.717) is 0 Å². The van der Waals surface area contributed by atoms with Gasteiger partial charge in [-0.15, -0.1) is 11.8 Å². The van der Waals surface area contributed by atoms with Gasteiger partial charge in [0.25, 0.3) is 0 Å². The summed E-state index contributed by atoms with van der Waals surface area (Å²) in [5, 5.41) is 3.46. The second-order valence-electron chi connectivity index (χ2n) is 3.36. The zero-order valence-corrected chi connectivity index (χ0v) is 11.1. The van der Waals surface area contributed by atoms with E-state index in [1.165, 1.54) is 29.2 Å². The van der Waals surface area contributed by atoms with Crippen LogP contribution in [0.25, 0.3) is 0 Å². The molecule has 0 aliphatic carbocycles. The number of hydrogen-bond acceptors (Lipinski definition) is 3. The average molecular weight is 241 g/mol. The fourth-order valence-electron chi connectivity index (χ4n) is 1.34. The molecule has 0 fully saturated rings. The van der Waals surface area contributed by atoms with E-state index in [9.17, 15) is 0 Å². The molecule has 15 heavy (non-hydrogen) atoms. The standard InChI is InChI=1S/C12H19NS2/c1-14-9-4-3-8-13-11-6-5-7-12(10-11)15-2/h5-7,10,13H,3-4,8-9H2,1-2H3. The molecule has 0 amide bonds. The van der Waals surface area contributed by atoms with Crippen LogP contribution in [-0.4, -0.2) is 24.8 Å². The van der Waals surface area contributed by atoms with E-state index in [4.69, 9.17) is 0 Å². The first-order valence-corrected chi connectivity index (χ1v) is 7.85. The van der Waals surface area contributed by atoms with Gasteiger partial charge in [-0.05, 0) is 49.3 Å². The molecule has 0 aliphatic heterocycles. The van der Waals surface area contributed by atoms with Crippen LogP contribution in [0.1, 0.15) is 12.8 Å². The molecule has 0 saturated carbocycles. The van der Waals surface area contributed by atoms with Gasteiger partial charge >= 0.3 is 0 Å². The van der Waals surface area contributed by atoms with Crippen LogP contribution >= 0.6 is 23.5 Å². The van der Waals surface area contributed by atoms with Crippen LogP contribution in [0.4, 0.5) is 5.69 Å². The Hall–Kier alpha value is -0.280. The Morgan fingerprint density at radius 2 is 2.07 bits per heavy atom. The van der Waals surface area contributed by atoms with E-state index in [1.807, 2.05) is 11.8 Å². The molecule has 0 heterocycles. The largest absolute Gasteiger partial charge is 0.385 e. The highest BCUT2D eigenvalue weighted by molar-refractivity contribution is 7.98. The van der Waals surface area contributed by atoms with Crippen molar-refractivity contribution in [1.82, 2.24) is 0 Å². The van der Waals surface area contributed by atoms with Gasteiger partial charge in [0.05, 0.1) is 0 Å². The predicted molar refractivity (Wildman–Crippen MR) is 74.3 cm³/mol. The van der Waals surface area contributed by atoms with E-state index in [2.05, 4.69) is 42.1 Å². The molecule has 1 N–H and O–H groups in total. The van der Waals surface area contributed by atoms with E-state index < -0.39 is 0 Å². The SMILES string of the molecule is CSCCCCNc1cccc(SC)c1. The monoisotopic (exact) mass is 241 g/mol. The Balaban J connectivity index is 2.24. The number of rotatable bonds is 7. The second kappa shape index (κ2) is 7.94. The molecule has 0 unspecified atom stereocenters. The van der Waals surface area contributed by atoms with Crippen LogP contribution in [0.2, 0.25) is 0 Å². The average Bonchev–Trinajstić information content (AvgIpc) is 2.29. The van der Waals surface area contributed by atoms with Crippen molar-refractivity contribution >= 4 is 29.2 Å². The molecule has 0 spiro atoms. The van der Waals surface area contributed by atoms with Crippen molar-refractivity contribution in [2.45, 2.75) is 17.7 Å². The summed E-state index contributed by atoms with van der Waals surface area (Å²) < 4.78 is 0. The lowest BCUT2D eigenvalue weighted by Gasteiger charge is -2.07. The maximum Gasteiger partial charge on any atom is 0.0351 e. The van der Waals surface area contributed by atoms with Crippen molar-refractivity contribution in [1.29, 1.82) is 0 Å². The summed E-state index contributed by atoms with van der Waals surface area (Å²) in [5.74, 6) is 1.27. The van der Waals surface area contributed by atoms with Gasteiger partial charge < -0.3 is 5.32 Å². The van der Waals surface area contributed by atoms with Crippen molar-refractivity contribution in [3.63, 3.8) is 0 Å². The third-order valence-electron chi connectivity index (χ3n) is 2.17. The van der Waals surface area contributed by atoms with Crippen LogP contribution in [0.5, 0.6) is 0 Å². The van der Waals surface area contributed by atoms with Gasteiger partial charge in [-0.2, -0.15) is 11.8 Å². The third kappa shape index (κ3) is 5.38. The summed E-state index contributed by atoms with van der Waals surface area (Å²) in [5.41, 5.74) is 1.24. The molecule has 1 nitrogen and oxygen atoms in total. The molecule has 0 aromatic heterocycles. The van der Waals surface area contributed by atoms with E-state index in [1.54, 1.807) is 11.8 Å². The summed E-state index contributed by atoms with van der Waals surface area (Å²) >= 11 is 3.71. The van der Waals surface area contributed by atoms with Crippen LogP contribution in [0, 0.1) is 0 Å². The number of anilines is 1. The molecule has 0 saturated heterocycles. The van der Waals surface area contributed by atoms with Crippen molar-refractivity contribution in [3.05, 3.63) is 24.3 Å². The van der Waals surface area contributed by atoms with Crippen LogP contribution in [-0.2, 0) is 0 Å². The van der Waals surface area contributed by atoms with E-state index in [0.717, 1.165) is 6.54 Å². The smallest absolute Gasteiger partial charge is 0.0351 e. The number of nitrogens with one attached hydrogen (secondary N) is 1. The predicted octanol–water partition coefficient (Wildman–Crippen LogP) is 3.96. The first-order chi connectivity index (χ1) is 7.36. The zero-order valence-electron chi connectivity index (χ0n) is 9.45.